The Labute approximate surface area is 337 Å². The molecule has 0 aliphatic rings. The number of nitrogens with zero attached hydrogens (tertiary/aromatic N) is 1. The monoisotopic (exact) mass is 739 g/mol. The molecule has 272 valence electrons. The van der Waals surface area contributed by atoms with E-state index in [1.54, 1.807) is 0 Å². The second kappa shape index (κ2) is 14.1. The maximum absolute atomic E-state index is 6.95. The van der Waals surface area contributed by atoms with E-state index in [0.717, 1.165) is 60.9 Å². The van der Waals surface area contributed by atoms with E-state index < -0.39 is 0 Å². The Bertz CT molecular complexity index is 3240. The summed E-state index contributed by atoms with van der Waals surface area (Å²) in [5.41, 5.74) is 14.3. The zero-order valence-corrected chi connectivity index (χ0v) is 31.7. The maximum atomic E-state index is 6.95. The highest BCUT2D eigenvalue weighted by Gasteiger charge is 2.21. The quantitative estimate of drug-likeness (QED) is 0.162. The van der Waals surface area contributed by atoms with Gasteiger partial charge >= 0.3 is 0 Å². The van der Waals surface area contributed by atoms with Crippen molar-refractivity contribution in [2.24, 2.45) is 0 Å². The minimum absolute atomic E-state index is 0.855. The molecule has 0 atom stereocenters. The van der Waals surface area contributed by atoms with Gasteiger partial charge in [-0.05, 0) is 103 Å². The molecule has 11 rings (SSSR count). The molecule has 0 fully saturated rings. The van der Waals surface area contributed by atoms with Crippen molar-refractivity contribution in [3.8, 4) is 44.5 Å². The molecule has 2 nitrogen and oxygen atoms in total. The third kappa shape index (κ3) is 6.00. The van der Waals surface area contributed by atoms with Crippen molar-refractivity contribution in [2.75, 3.05) is 4.90 Å². The molecule has 11 aromatic rings. The molecule has 58 heavy (non-hydrogen) atoms. The van der Waals surface area contributed by atoms with Crippen LogP contribution in [-0.4, -0.2) is 0 Å². The van der Waals surface area contributed by atoms with Crippen LogP contribution in [0.1, 0.15) is 0 Å². The third-order valence-electron chi connectivity index (χ3n) is 11.5. The Balaban J connectivity index is 1.09. The van der Waals surface area contributed by atoms with Gasteiger partial charge in [-0.15, -0.1) is 0 Å². The van der Waals surface area contributed by atoms with E-state index in [-0.39, 0.29) is 0 Å². The molecule has 0 aliphatic carbocycles. The van der Waals surface area contributed by atoms with Gasteiger partial charge in [0, 0.05) is 33.6 Å². The van der Waals surface area contributed by atoms with E-state index in [4.69, 9.17) is 4.42 Å². The van der Waals surface area contributed by atoms with Gasteiger partial charge in [0.2, 0.25) is 0 Å². The number of hydrogen-bond donors (Lipinski definition) is 0. The lowest BCUT2D eigenvalue weighted by Crippen LogP contribution is -2.10. The molecule has 0 amide bonds. The third-order valence-corrected chi connectivity index (χ3v) is 11.5. The normalized spacial score (nSPS) is 11.4. The van der Waals surface area contributed by atoms with Gasteiger partial charge in [-0.25, -0.2) is 0 Å². The number of fused-ring (bicyclic) bond motifs is 6. The summed E-state index contributed by atoms with van der Waals surface area (Å²) in [6.45, 7) is 0. The van der Waals surface area contributed by atoms with Gasteiger partial charge in [0.05, 0.1) is 5.69 Å². The summed E-state index contributed by atoms with van der Waals surface area (Å²) in [6, 6.07) is 80.6. The smallest absolute Gasteiger partial charge is 0.143 e. The molecule has 0 spiro atoms. The summed E-state index contributed by atoms with van der Waals surface area (Å²) >= 11 is 0. The first-order valence-corrected chi connectivity index (χ1v) is 19.8. The van der Waals surface area contributed by atoms with Gasteiger partial charge in [-0.2, -0.15) is 0 Å². The van der Waals surface area contributed by atoms with Crippen LogP contribution in [0, 0.1) is 0 Å². The van der Waals surface area contributed by atoms with E-state index >= 15 is 0 Å². The summed E-state index contributed by atoms with van der Waals surface area (Å²) in [6.07, 6.45) is 0. The summed E-state index contributed by atoms with van der Waals surface area (Å²) in [5, 5.41) is 6.94. The lowest BCUT2D eigenvalue weighted by atomic mass is 9.95. The number of furan rings is 1. The Hall–Kier alpha value is -7.68. The van der Waals surface area contributed by atoms with Crippen molar-refractivity contribution in [3.05, 3.63) is 224 Å². The summed E-state index contributed by atoms with van der Waals surface area (Å²) in [5.74, 6) is 0. The van der Waals surface area contributed by atoms with Crippen molar-refractivity contribution in [1.82, 2.24) is 0 Å². The molecule has 10 aromatic carbocycles. The van der Waals surface area contributed by atoms with E-state index in [2.05, 4.69) is 229 Å². The fourth-order valence-electron chi connectivity index (χ4n) is 8.50. The lowest BCUT2D eigenvalue weighted by Gasteiger charge is -2.27. The second-order valence-corrected chi connectivity index (χ2v) is 14.9. The van der Waals surface area contributed by atoms with Crippen molar-refractivity contribution < 1.29 is 4.42 Å². The average molecular weight is 740 g/mol. The highest BCUT2D eigenvalue weighted by atomic mass is 16.3. The summed E-state index contributed by atoms with van der Waals surface area (Å²) < 4.78 is 6.95. The Morgan fingerprint density at radius 2 is 0.759 bits per heavy atom. The molecule has 0 unspecified atom stereocenters. The molecule has 0 bridgehead atoms. The number of benzene rings is 10. The van der Waals surface area contributed by atoms with E-state index in [0.29, 0.717) is 0 Å². The van der Waals surface area contributed by atoms with Gasteiger partial charge in [0.1, 0.15) is 11.2 Å². The standard InChI is InChI=1S/C56H37NO/c1-3-11-38(12-4-1)41-19-21-42(22-20-41)44-27-32-49(33-28-44)57(48-30-25-43(26-31-48)39-13-5-2-6-14-39)50-36-53(47-24-23-40-15-7-8-17-46(40)35-47)55-52-34-29-45-16-9-10-18-51(45)56(52)58-54(55)37-50/h1-37H. The second-order valence-electron chi connectivity index (χ2n) is 14.9. The minimum Gasteiger partial charge on any atom is -0.455 e. The van der Waals surface area contributed by atoms with Crippen LogP contribution in [0.3, 0.4) is 0 Å². The van der Waals surface area contributed by atoms with Crippen LogP contribution in [0.25, 0.3) is 88.0 Å². The lowest BCUT2D eigenvalue weighted by molar-refractivity contribution is 0.673. The summed E-state index contributed by atoms with van der Waals surface area (Å²) in [7, 11) is 0. The minimum atomic E-state index is 0.855. The number of hydrogen-bond acceptors (Lipinski definition) is 2. The molecule has 1 heterocycles. The van der Waals surface area contributed by atoms with Gasteiger partial charge < -0.3 is 9.32 Å². The van der Waals surface area contributed by atoms with E-state index in [9.17, 15) is 0 Å². The molecule has 0 radical (unpaired) electrons. The van der Waals surface area contributed by atoms with Gasteiger partial charge in [0.25, 0.3) is 0 Å². The SMILES string of the molecule is c1ccc(-c2ccc(-c3ccc(N(c4ccc(-c5ccccc5)cc4)c4cc(-c5ccc6ccccc6c5)c5c(c4)oc4c6ccccc6ccc45)cc3)cc2)cc1. The van der Waals surface area contributed by atoms with Crippen molar-refractivity contribution in [1.29, 1.82) is 0 Å². The fraction of sp³-hybridized carbons (Fsp3) is 0. The van der Waals surface area contributed by atoms with Crippen LogP contribution in [-0.2, 0) is 0 Å². The molecule has 0 N–H and O–H groups in total. The predicted molar refractivity (Wildman–Crippen MR) is 245 cm³/mol. The molecule has 0 saturated heterocycles. The molecule has 0 saturated carbocycles. The number of anilines is 3. The fourth-order valence-corrected chi connectivity index (χ4v) is 8.50. The van der Waals surface area contributed by atoms with Crippen molar-refractivity contribution in [2.45, 2.75) is 0 Å². The van der Waals surface area contributed by atoms with Crippen molar-refractivity contribution in [3.63, 3.8) is 0 Å². The Morgan fingerprint density at radius 3 is 1.36 bits per heavy atom. The van der Waals surface area contributed by atoms with Crippen LogP contribution >= 0.6 is 0 Å². The molecular weight excluding hydrogens is 703 g/mol. The zero-order valence-electron chi connectivity index (χ0n) is 31.7. The van der Waals surface area contributed by atoms with Gasteiger partial charge in [0.15, 0.2) is 0 Å². The first-order valence-electron chi connectivity index (χ1n) is 19.8. The molecule has 0 aliphatic heterocycles. The predicted octanol–water partition coefficient (Wildman–Crippen LogP) is 16.0. The van der Waals surface area contributed by atoms with Crippen LogP contribution in [0.2, 0.25) is 0 Å². The topological polar surface area (TPSA) is 16.4 Å². The first-order chi connectivity index (χ1) is 28.7. The van der Waals surface area contributed by atoms with E-state index in [1.807, 2.05) is 0 Å². The molecule has 1 aromatic heterocycles. The first kappa shape index (κ1) is 33.6. The highest BCUT2D eigenvalue weighted by Crippen LogP contribution is 2.45. The number of rotatable bonds is 7. The van der Waals surface area contributed by atoms with Gasteiger partial charge in [-0.3, -0.25) is 0 Å². The average Bonchev–Trinajstić information content (AvgIpc) is 3.69. The van der Waals surface area contributed by atoms with Crippen LogP contribution in [0.5, 0.6) is 0 Å². The molecular formula is C56H37NO. The van der Waals surface area contributed by atoms with Crippen molar-refractivity contribution >= 4 is 60.5 Å². The highest BCUT2D eigenvalue weighted by molar-refractivity contribution is 6.20. The van der Waals surface area contributed by atoms with Crippen LogP contribution in [0.4, 0.5) is 17.1 Å². The van der Waals surface area contributed by atoms with E-state index in [1.165, 1.54) is 44.2 Å². The summed E-state index contributed by atoms with van der Waals surface area (Å²) in [4.78, 5) is 2.35. The maximum Gasteiger partial charge on any atom is 0.143 e. The van der Waals surface area contributed by atoms with Crippen LogP contribution < -0.4 is 4.90 Å². The van der Waals surface area contributed by atoms with Crippen LogP contribution in [0.15, 0.2) is 229 Å². The zero-order chi connectivity index (χ0) is 38.4. The Kier molecular flexibility index (Phi) is 8.19. The Morgan fingerprint density at radius 1 is 0.293 bits per heavy atom. The largest absolute Gasteiger partial charge is 0.455 e. The molecule has 2 heteroatoms. The van der Waals surface area contributed by atoms with Gasteiger partial charge in [-0.1, -0.05) is 176 Å².